The van der Waals surface area contributed by atoms with Crippen molar-refractivity contribution in [2.45, 2.75) is 0 Å². The zero-order valence-corrected chi connectivity index (χ0v) is 10.0. The highest BCUT2D eigenvalue weighted by Crippen LogP contribution is 2.07. The fourth-order valence-corrected chi connectivity index (χ4v) is 1.42. The quantitative estimate of drug-likeness (QED) is 0.888. The Balaban J connectivity index is 1.89. The van der Waals surface area contributed by atoms with Crippen molar-refractivity contribution in [3.8, 4) is 0 Å². The third kappa shape index (κ3) is 3.92. The second-order valence-corrected chi connectivity index (χ2v) is 3.70. The minimum absolute atomic E-state index is 0.340. The second kappa shape index (κ2) is 6.30. The van der Waals surface area contributed by atoms with Crippen LogP contribution in [0, 0.1) is 5.82 Å². The molecule has 0 fully saturated rings. The lowest BCUT2D eigenvalue weighted by Gasteiger charge is -2.03. The highest BCUT2D eigenvalue weighted by Gasteiger charge is 1.99. The lowest BCUT2D eigenvalue weighted by molar-refractivity contribution is 0.255. The topological polar surface area (TPSA) is 54.0 Å². The molecule has 0 aliphatic heterocycles. The molecular formula is C14H12FN3O. The van der Waals surface area contributed by atoms with Crippen molar-refractivity contribution in [1.29, 1.82) is 0 Å². The Kier molecular flexibility index (Phi) is 4.23. The lowest BCUT2D eigenvalue weighted by atomic mass is 10.2. The molecule has 2 rings (SSSR count). The Morgan fingerprint density at radius 2 is 2.05 bits per heavy atom. The molecule has 0 spiro atoms. The Hall–Kier alpha value is -2.69. The summed E-state index contributed by atoms with van der Waals surface area (Å²) in [6.07, 6.45) is 6.00. The molecule has 0 aliphatic carbocycles. The lowest BCUT2D eigenvalue weighted by Crippen LogP contribution is -2.23. The summed E-state index contributed by atoms with van der Waals surface area (Å²) in [7, 11) is 0. The van der Waals surface area contributed by atoms with Gasteiger partial charge in [0.25, 0.3) is 0 Å². The summed E-state index contributed by atoms with van der Waals surface area (Å²) in [6.45, 7) is 0. The van der Waals surface area contributed by atoms with E-state index in [0.717, 1.165) is 0 Å². The van der Waals surface area contributed by atoms with Gasteiger partial charge in [0.15, 0.2) is 0 Å². The average Bonchev–Trinajstić information content (AvgIpc) is 2.42. The number of amides is 2. The Bertz CT molecular complexity index is 584. The molecule has 0 unspecified atom stereocenters. The summed E-state index contributed by atoms with van der Waals surface area (Å²) in [5, 5.41) is 5.07. The predicted octanol–water partition coefficient (Wildman–Crippen LogP) is 3.01. The van der Waals surface area contributed by atoms with E-state index in [-0.39, 0.29) is 5.82 Å². The molecule has 1 aromatic carbocycles. The van der Waals surface area contributed by atoms with Gasteiger partial charge in [-0.15, -0.1) is 0 Å². The number of nitrogens with one attached hydrogen (secondary N) is 2. The molecule has 2 N–H and O–H groups in total. The van der Waals surface area contributed by atoms with E-state index in [0.29, 0.717) is 11.3 Å². The zero-order valence-electron chi connectivity index (χ0n) is 10.0. The van der Waals surface area contributed by atoms with Crippen LogP contribution in [0.5, 0.6) is 0 Å². The maximum atomic E-state index is 13.3. The molecule has 0 saturated heterocycles. The third-order valence-corrected chi connectivity index (χ3v) is 2.30. The van der Waals surface area contributed by atoms with Gasteiger partial charge in [-0.1, -0.05) is 18.2 Å². The van der Waals surface area contributed by atoms with Crippen molar-refractivity contribution in [2.75, 3.05) is 5.32 Å². The van der Waals surface area contributed by atoms with E-state index in [1.807, 2.05) is 0 Å². The van der Waals surface area contributed by atoms with Gasteiger partial charge in [0.2, 0.25) is 0 Å². The van der Waals surface area contributed by atoms with Crippen molar-refractivity contribution in [1.82, 2.24) is 10.3 Å². The second-order valence-electron chi connectivity index (χ2n) is 3.70. The largest absolute Gasteiger partial charge is 0.323 e. The summed E-state index contributed by atoms with van der Waals surface area (Å²) in [4.78, 5) is 15.4. The van der Waals surface area contributed by atoms with Gasteiger partial charge < -0.3 is 10.6 Å². The van der Waals surface area contributed by atoms with E-state index in [2.05, 4.69) is 15.6 Å². The highest BCUT2D eigenvalue weighted by molar-refractivity contribution is 5.90. The number of urea groups is 1. The fourth-order valence-electron chi connectivity index (χ4n) is 1.42. The Labute approximate surface area is 110 Å². The highest BCUT2D eigenvalue weighted by atomic mass is 19.1. The molecule has 5 heteroatoms. The fraction of sp³-hybridized carbons (Fsp3) is 0. The van der Waals surface area contributed by atoms with Crippen LogP contribution in [0.2, 0.25) is 0 Å². The van der Waals surface area contributed by atoms with Gasteiger partial charge >= 0.3 is 6.03 Å². The Morgan fingerprint density at radius 3 is 2.79 bits per heavy atom. The summed E-state index contributed by atoms with van der Waals surface area (Å²) in [5.41, 5.74) is 0.989. The van der Waals surface area contributed by atoms with Crippen molar-refractivity contribution < 1.29 is 9.18 Å². The number of aromatic nitrogens is 1. The van der Waals surface area contributed by atoms with Gasteiger partial charge in [0.05, 0.1) is 11.9 Å². The van der Waals surface area contributed by atoms with E-state index < -0.39 is 6.03 Å². The first-order valence-corrected chi connectivity index (χ1v) is 5.64. The zero-order chi connectivity index (χ0) is 13.5. The molecule has 0 aliphatic rings. The van der Waals surface area contributed by atoms with Crippen LogP contribution >= 0.6 is 0 Å². The normalized spacial score (nSPS) is 10.4. The van der Waals surface area contributed by atoms with Crippen molar-refractivity contribution in [3.05, 3.63) is 66.4 Å². The van der Waals surface area contributed by atoms with Crippen LogP contribution in [0.25, 0.3) is 6.08 Å². The molecule has 1 heterocycles. The molecule has 0 atom stereocenters. The molecule has 0 radical (unpaired) electrons. The predicted molar refractivity (Wildman–Crippen MR) is 71.8 cm³/mol. The number of anilines is 1. The van der Waals surface area contributed by atoms with E-state index in [4.69, 9.17) is 0 Å². The minimum Gasteiger partial charge on any atom is -0.314 e. The molecule has 96 valence electrons. The number of hydrogen-bond acceptors (Lipinski definition) is 2. The number of rotatable bonds is 3. The summed E-state index contributed by atoms with van der Waals surface area (Å²) >= 11 is 0. The van der Waals surface area contributed by atoms with Crippen LogP contribution in [0.15, 0.2) is 55.0 Å². The van der Waals surface area contributed by atoms with Gasteiger partial charge in [0.1, 0.15) is 5.82 Å². The van der Waals surface area contributed by atoms with Gasteiger partial charge in [-0.2, -0.15) is 0 Å². The van der Waals surface area contributed by atoms with Crippen LogP contribution < -0.4 is 10.6 Å². The number of halogens is 1. The van der Waals surface area contributed by atoms with Crippen LogP contribution in [-0.2, 0) is 0 Å². The van der Waals surface area contributed by atoms with Crippen molar-refractivity contribution in [3.63, 3.8) is 0 Å². The van der Waals surface area contributed by atoms with Crippen LogP contribution in [0.3, 0.4) is 0 Å². The molecule has 2 aromatic rings. The number of carbonyl (C=O) groups excluding carboxylic acids is 1. The molecule has 0 bridgehead atoms. The van der Waals surface area contributed by atoms with Crippen molar-refractivity contribution >= 4 is 17.8 Å². The average molecular weight is 257 g/mol. The maximum Gasteiger partial charge on any atom is 0.323 e. The third-order valence-electron chi connectivity index (χ3n) is 2.30. The summed E-state index contributed by atoms with van der Waals surface area (Å²) in [5.74, 6) is -0.340. The van der Waals surface area contributed by atoms with Crippen LogP contribution in [0.4, 0.5) is 14.9 Å². The molecule has 2 amide bonds. The molecule has 4 nitrogen and oxygen atoms in total. The van der Waals surface area contributed by atoms with E-state index in [9.17, 15) is 9.18 Å². The van der Waals surface area contributed by atoms with Gasteiger partial charge in [-0.25, -0.2) is 9.18 Å². The minimum atomic E-state index is -0.416. The molecule has 1 aromatic heterocycles. The number of hydrogen-bond donors (Lipinski definition) is 2. The first kappa shape index (κ1) is 12.8. The number of pyridine rings is 1. The van der Waals surface area contributed by atoms with Crippen molar-refractivity contribution in [2.24, 2.45) is 0 Å². The van der Waals surface area contributed by atoms with E-state index in [1.54, 1.807) is 36.5 Å². The summed E-state index contributed by atoms with van der Waals surface area (Å²) in [6, 6.07) is 9.31. The van der Waals surface area contributed by atoms with Gasteiger partial charge in [-0.05, 0) is 24.3 Å². The first-order chi connectivity index (χ1) is 9.25. The molecular weight excluding hydrogens is 245 g/mol. The van der Waals surface area contributed by atoms with E-state index in [1.165, 1.54) is 24.5 Å². The monoisotopic (exact) mass is 257 g/mol. The Morgan fingerprint density at radius 1 is 1.21 bits per heavy atom. The molecule has 19 heavy (non-hydrogen) atoms. The first-order valence-electron chi connectivity index (χ1n) is 5.64. The standard InChI is InChI=1S/C14H12FN3O/c15-13-6-2-1-4-11(13)7-9-17-14(19)18-12-5-3-8-16-10-12/h1-10H,(H2,17,18,19)/b9-7+. The van der Waals surface area contributed by atoms with Crippen LogP contribution in [-0.4, -0.2) is 11.0 Å². The number of nitrogens with zero attached hydrogens (tertiary/aromatic N) is 1. The van der Waals surface area contributed by atoms with Gasteiger partial charge in [0, 0.05) is 18.0 Å². The van der Waals surface area contributed by atoms with Crippen LogP contribution in [0.1, 0.15) is 5.56 Å². The SMILES string of the molecule is O=C(N/C=C/c1ccccc1F)Nc1cccnc1. The number of carbonyl (C=O) groups is 1. The maximum absolute atomic E-state index is 13.3. The van der Waals surface area contributed by atoms with E-state index >= 15 is 0 Å². The van der Waals surface area contributed by atoms with Gasteiger partial charge in [-0.3, -0.25) is 4.98 Å². The smallest absolute Gasteiger partial charge is 0.314 e. The molecule has 0 saturated carbocycles. The summed E-state index contributed by atoms with van der Waals surface area (Å²) < 4.78 is 13.3. The number of benzene rings is 1.